The van der Waals surface area contributed by atoms with E-state index in [1.807, 2.05) is 4.90 Å². The van der Waals surface area contributed by atoms with Crippen molar-refractivity contribution in [2.24, 2.45) is 11.1 Å². The van der Waals surface area contributed by atoms with E-state index in [-0.39, 0.29) is 36.1 Å². The summed E-state index contributed by atoms with van der Waals surface area (Å²) in [7, 11) is 2.06. The molecule has 3 N–H and O–H groups in total. The second kappa shape index (κ2) is 10.6. The van der Waals surface area contributed by atoms with Gasteiger partial charge in [-0.15, -0.1) is 24.8 Å². The van der Waals surface area contributed by atoms with Crippen LogP contribution in [0.15, 0.2) is 0 Å². The molecule has 122 valence electrons. The maximum absolute atomic E-state index is 12.0. The number of hydrogen-bond acceptors (Lipinski definition) is 4. The number of rotatable bonds is 6. The van der Waals surface area contributed by atoms with Crippen LogP contribution in [0.5, 0.6) is 0 Å². The van der Waals surface area contributed by atoms with Gasteiger partial charge in [0.15, 0.2) is 0 Å². The zero-order valence-electron chi connectivity index (χ0n) is 12.9. The van der Waals surface area contributed by atoms with Crippen LogP contribution >= 0.6 is 24.8 Å². The van der Waals surface area contributed by atoms with E-state index in [1.54, 1.807) is 0 Å². The average Bonchev–Trinajstić information content (AvgIpc) is 2.36. The Balaban J connectivity index is 0. The standard InChI is InChI=1S/C13H28N4O.2ClH/c1-13(2,10-14)11-16(3)7-4-12(18)17-8-5-15-6-9-17;;/h15H,4-11,14H2,1-3H3;2*1H. The molecule has 0 bridgehead atoms. The molecule has 1 aliphatic rings. The fourth-order valence-corrected chi connectivity index (χ4v) is 2.23. The Labute approximate surface area is 135 Å². The van der Waals surface area contributed by atoms with Gasteiger partial charge < -0.3 is 20.9 Å². The highest BCUT2D eigenvalue weighted by Gasteiger charge is 2.20. The third-order valence-corrected chi connectivity index (χ3v) is 3.43. The first kappa shape index (κ1) is 22.2. The number of piperazine rings is 1. The largest absolute Gasteiger partial charge is 0.340 e. The van der Waals surface area contributed by atoms with Gasteiger partial charge in [0.05, 0.1) is 0 Å². The van der Waals surface area contributed by atoms with Crippen LogP contribution in [0.3, 0.4) is 0 Å². The fourth-order valence-electron chi connectivity index (χ4n) is 2.23. The zero-order valence-corrected chi connectivity index (χ0v) is 14.5. The second-order valence-corrected chi connectivity index (χ2v) is 5.99. The van der Waals surface area contributed by atoms with Gasteiger partial charge in [0.2, 0.25) is 5.91 Å². The van der Waals surface area contributed by atoms with Crippen molar-refractivity contribution in [3.8, 4) is 0 Å². The number of nitrogens with zero attached hydrogens (tertiary/aromatic N) is 2. The third kappa shape index (κ3) is 8.27. The third-order valence-electron chi connectivity index (χ3n) is 3.43. The van der Waals surface area contributed by atoms with Crippen LogP contribution in [0, 0.1) is 5.41 Å². The number of nitrogens with one attached hydrogen (secondary N) is 1. The molecule has 1 aliphatic heterocycles. The zero-order chi connectivity index (χ0) is 13.6. The topological polar surface area (TPSA) is 61.6 Å². The van der Waals surface area contributed by atoms with E-state index in [2.05, 4.69) is 31.1 Å². The first-order chi connectivity index (χ1) is 8.44. The van der Waals surface area contributed by atoms with Gasteiger partial charge in [-0.2, -0.15) is 0 Å². The predicted molar refractivity (Wildman–Crippen MR) is 88.9 cm³/mol. The summed E-state index contributed by atoms with van der Waals surface area (Å²) in [6.07, 6.45) is 0.608. The SMILES string of the molecule is CN(CCC(=O)N1CCNCC1)CC(C)(C)CN.Cl.Cl. The predicted octanol–water partition coefficient (Wildman–Crippen LogP) is 0.569. The second-order valence-electron chi connectivity index (χ2n) is 5.99. The van der Waals surface area contributed by atoms with Crippen LogP contribution in [-0.4, -0.2) is 68.6 Å². The van der Waals surface area contributed by atoms with Gasteiger partial charge in [-0.1, -0.05) is 13.8 Å². The van der Waals surface area contributed by atoms with Gasteiger partial charge in [0.25, 0.3) is 0 Å². The van der Waals surface area contributed by atoms with Crippen LogP contribution in [0.1, 0.15) is 20.3 Å². The smallest absolute Gasteiger partial charge is 0.223 e. The summed E-state index contributed by atoms with van der Waals surface area (Å²) >= 11 is 0. The number of nitrogens with two attached hydrogens (primary N) is 1. The Hall–Kier alpha value is -0.0700. The van der Waals surface area contributed by atoms with Crippen molar-refractivity contribution in [1.82, 2.24) is 15.1 Å². The van der Waals surface area contributed by atoms with Crippen molar-refractivity contribution in [2.45, 2.75) is 20.3 Å². The quantitative estimate of drug-likeness (QED) is 0.748. The lowest BCUT2D eigenvalue weighted by molar-refractivity contribution is -0.132. The molecule has 0 spiro atoms. The molecule has 1 rings (SSSR count). The molecule has 20 heavy (non-hydrogen) atoms. The molecule has 7 heteroatoms. The molecule has 0 saturated carbocycles. The van der Waals surface area contributed by atoms with E-state index < -0.39 is 0 Å². The van der Waals surface area contributed by atoms with Gasteiger partial charge >= 0.3 is 0 Å². The van der Waals surface area contributed by atoms with E-state index >= 15 is 0 Å². The fraction of sp³-hybridized carbons (Fsp3) is 0.923. The van der Waals surface area contributed by atoms with E-state index in [0.717, 1.165) is 39.3 Å². The van der Waals surface area contributed by atoms with E-state index in [0.29, 0.717) is 13.0 Å². The summed E-state index contributed by atoms with van der Waals surface area (Å²) in [5.41, 5.74) is 5.84. The Morgan fingerprint density at radius 2 is 1.85 bits per heavy atom. The van der Waals surface area contributed by atoms with Crippen molar-refractivity contribution in [2.75, 3.05) is 52.9 Å². The van der Waals surface area contributed by atoms with Gasteiger partial charge in [-0.3, -0.25) is 4.79 Å². The van der Waals surface area contributed by atoms with Crippen molar-refractivity contribution in [3.05, 3.63) is 0 Å². The number of halogens is 2. The first-order valence-corrected chi connectivity index (χ1v) is 6.82. The molecular formula is C13H30Cl2N4O. The highest BCUT2D eigenvalue weighted by atomic mass is 35.5. The maximum atomic E-state index is 12.0. The maximum Gasteiger partial charge on any atom is 0.223 e. The van der Waals surface area contributed by atoms with E-state index in [4.69, 9.17) is 5.73 Å². The highest BCUT2D eigenvalue weighted by molar-refractivity contribution is 5.85. The number of carbonyl (C=O) groups is 1. The Bertz CT molecular complexity index is 271. The molecule has 0 unspecified atom stereocenters. The number of amides is 1. The summed E-state index contributed by atoms with van der Waals surface area (Å²) in [6, 6.07) is 0. The summed E-state index contributed by atoms with van der Waals surface area (Å²) in [6.45, 7) is 10.2. The molecule has 0 aromatic carbocycles. The lowest BCUT2D eigenvalue weighted by Crippen LogP contribution is -2.47. The summed E-state index contributed by atoms with van der Waals surface area (Å²) in [5.74, 6) is 0.272. The van der Waals surface area contributed by atoms with Gasteiger partial charge in [0, 0.05) is 45.7 Å². The first-order valence-electron chi connectivity index (χ1n) is 6.82. The van der Waals surface area contributed by atoms with Crippen LogP contribution in [0.25, 0.3) is 0 Å². The molecule has 1 saturated heterocycles. The van der Waals surface area contributed by atoms with Crippen molar-refractivity contribution in [3.63, 3.8) is 0 Å². The molecule has 0 atom stereocenters. The molecule has 5 nitrogen and oxygen atoms in total. The molecule has 1 heterocycles. The van der Waals surface area contributed by atoms with Crippen molar-refractivity contribution < 1.29 is 4.79 Å². The Morgan fingerprint density at radius 3 is 2.35 bits per heavy atom. The molecule has 0 aliphatic carbocycles. The van der Waals surface area contributed by atoms with Crippen molar-refractivity contribution >= 4 is 30.7 Å². The van der Waals surface area contributed by atoms with Gasteiger partial charge in [0.1, 0.15) is 0 Å². The molecule has 0 radical (unpaired) electrons. The van der Waals surface area contributed by atoms with Crippen molar-refractivity contribution in [1.29, 1.82) is 0 Å². The minimum atomic E-state index is 0. The average molecular weight is 329 g/mol. The minimum Gasteiger partial charge on any atom is -0.340 e. The van der Waals surface area contributed by atoms with Gasteiger partial charge in [-0.25, -0.2) is 0 Å². The van der Waals surface area contributed by atoms with Crippen LogP contribution in [0.2, 0.25) is 0 Å². The normalized spacial score (nSPS) is 15.6. The van der Waals surface area contributed by atoms with Gasteiger partial charge in [-0.05, 0) is 19.0 Å². The molecule has 0 aromatic heterocycles. The molecule has 1 amide bonds. The monoisotopic (exact) mass is 328 g/mol. The van der Waals surface area contributed by atoms with Crippen LogP contribution in [0.4, 0.5) is 0 Å². The molecular weight excluding hydrogens is 299 g/mol. The summed E-state index contributed by atoms with van der Waals surface area (Å²) in [5, 5.41) is 3.25. The lowest BCUT2D eigenvalue weighted by Gasteiger charge is -2.30. The Morgan fingerprint density at radius 1 is 1.30 bits per heavy atom. The Kier molecular flexibility index (Phi) is 11.8. The molecule has 1 fully saturated rings. The lowest BCUT2D eigenvalue weighted by atomic mass is 9.93. The summed E-state index contributed by atoms with van der Waals surface area (Å²) in [4.78, 5) is 16.1. The number of carbonyl (C=O) groups excluding carboxylic acids is 1. The van der Waals surface area contributed by atoms with Crippen LogP contribution < -0.4 is 11.1 Å². The summed E-state index contributed by atoms with van der Waals surface area (Å²) < 4.78 is 0. The molecule has 0 aromatic rings. The minimum absolute atomic E-state index is 0. The highest BCUT2D eigenvalue weighted by Crippen LogP contribution is 2.14. The van der Waals surface area contributed by atoms with E-state index in [1.165, 1.54) is 0 Å². The number of hydrogen-bond donors (Lipinski definition) is 2. The van der Waals surface area contributed by atoms with E-state index in [9.17, 15) is 4.79 Å². The van der Waals surface area contributed by atoms with Crippen LogP contribution in [-0.2, 0) is 4.79 Å².